The van der Waals surface area contributed by atoms with Gasteiger partial charge in [0.05, 0.1) is 40.9 Å². The van der Waals surface area contributed by atoms with E-state index in [2.05, 4.69) is 0 Å². The zero-order valence-corrected chi connectivity index (χ0v) is 19.2. The molecule has 188 valence electrons. The van der Waals surface area contributed by atoms with Gasteiger partial charge in [0.1, 0.15) is 0 Å². The topological polar surface area (TPSA) is 72.6 Å². The molecule has 3 fully saturated rings. The lowest BCUT2D eigenvalue weighted by Crippen LogP contribution is -2.56. The number of imide groups is 1. The largest absolute Gasteiger partial charge is 0.416 e. The maximum absolute atomic E-state index is 13.4. The first-order valence-electron chi connectivity index (χ1n) is 10.9. The first-order chi connectivity index (χ1) is 15.2. The van der Waals surface area contributed by atoms with Crippen molar-refractivity contribution in [3.05, 3.63) is 29.3 Å². The van der Waals surface area contributed by atoms with Crippen LogP contribution in [-0.4, -0.2) is 29.6 Å². The Labute approximate surface area is 192 Å². The molecule has 2 amide bonds. The maximum atomic E-state index is 13.4. The number of hydrogen-bond donors (Lipinski definition) is 1. The van der Waals surface area contributed by atoms with Gasteiger partial charge in [0.15, 0.2) is 0 Å². The molecule has 0 aliphatic carbocycles. The zero-order chi connectivity index (χ0) is 25.8. The van der Waals surface area contributed by atoms with Crippen LogP contribution in [0.4, 0.5) is 32.0 Å². The Morgan fingerprint density at radius 3 is 1.53 bits per heavy atom. The number of nitrogens with two attached hydrogens (primary N) is 1. The van der Waals surface area contributed by atoms with Crippen LogP contribution in [0, 0.1) is 29.1 Å². The van der Waals surface area contributed by atoms with Crippen LogP contribution in [0.15, 0.2) is 18.2 Å². The number of nitrogens with zero attached hydrogens (tertiary/aromatic N) is 1. The van der Waals surface area contributed by atoms with E-state index in [0.29, 0.717) is 17.0 Å². The van der Waals surface area contributed by atoms with Gasteiger partial charge in [0.25, 0.3) is 0 Å². The van der Waals surface area contributed by atoms with Crippen LogP contribution in [0.5, 0.6) is 0 Å². The highest BCUT2D eigenvalue weighted by molar-refractivity contribution is 6.23. The molecular formula is C23H26F6N2O3. The Hall–Kier alpha value is -2.14. The van der Waals surface area contributed by atoms with E-state index in [0.717, 1.165) is 0 Å². The fourth-order valence-electron chi connectivity index (χ4n) is 6.02. The minimum Gasteiger partial charge on any atom is -0.373 e. The number of hydrogen-bond acceptors (Lipinski definition) is 4. The van der Waals surface area contributed by atoms with Gasteiger partial charge in [0.2, 0.25) is 11.8 Å². The Morgan fingerprint density at radius 2 is 1.18 bits per heavy atom. The summed E-state index contributed by atoms with van der Waals surface area (Å²) < 4.78 is 86.2. The van der Waals surface area contributed by atoms with E-state index in [1.54, 1.807) is 13.8 Å². The summed E-state index contributed by atoms with van der Waals surface area (Å²) in [6.45, 7) is 9.37. The number of carbonyl (C=O) groups excluding carboxylic acids is 2. The minimum absolute atomic E-state index is 0.0369. The summed E-state index contributed by atoms with van der Waals surface area (Å²) in [6, 6.07) is 0.769. The fourth-order valence-corrected chi connectivity index (χ4v) is 6.02. The summed E-state index contributed by atoms with van der Waals surface area (Å²) in [5, 5.41) is 0. The Morgan fingerprint density at radius 1 is 0.765 bits per heavy atom. The summed E-state index contributed by atoms with van der Waals surface area (Å²) in [5.41, 5.74) is 1.29. The van der Waals surface area contributed by atoms with Crippen LogP contribution in [0.25, 0.3) is 0 Å². The highest BCUT2D eigenvalue weighted by Crippen LogP contribution is 2.60. The lowest BCUT2D eigenvalue weighted by atomic mass is 9.57. The second-order valence-electron chi connectivity index (χ2n) is 11.1. The Balaban J connectivity index is 1.81. The van der Waals surface area contributed by atoms with Gasteiger partial charge in [-0.2, -0.15) is 26.3 Å². The molecule has 0 spiro atoms. The number of amides is 2. The van der Waals surface area contributed by atoms with E-state index in [1.165, 1.54) is 0 Å². The summed E-state index contributed by atoms with van der Waals surface area (Å²) in [7, 11) is 0. The number of carbonyl (C=O) groups is 2. The van der Waals surface area contributed by atoms with Crippen molar-refractivity contribution in [2.24, 2.45) is 34.8 Å². The molecule has 0 radical (unpaired) electrons. The van der Waals surface area contributed by atoms with Gasteiger partial charge in [-0.05, 0) is 43.4 Å². The molecule has 1 aromatic rings. The van der Waals surface area contributed by atoms with Crippen molar-refractivity contribution in [2.75, 3.05) is 4.90 Å². The van der Waals surface area contributed by atoms with Crippen molar-refractivity contribution in [1.29, 1.82) is 0 Å². The molecule has 3 aliphatic rings. The van der Waals surface area contributed by atoms with Crippen LogP contribution in [0.3, 0.4) is 0 Å². The minimum atomic E-state index is -5.11. The SMILES string of the molecule is CC(C)(C)C1C2OC(C3C(=O)N(c4cc(C(F)(F)F)cc(C(F)(F)F)c4)C(=O)C23)C1C(C)(C)N. The molecule has 0 aromatic heterocycles. The maximum Gasteiger partial charge on any atom is 0.416 e. The zero-order valence-electron chi connectivity index (χ0n) is 19.2. The molecule has 3 aliphatic heterocycles. The van der Waals surface area contributed by atoms with Crippen molar-refractivity contribution in [3.8, 4) is 0 Å². The Kier molecular flexibility index (Phi) is 5.28. The third-order valence-corrected chi connectivity index (χ3v) is 7.20. The average Bonchev–Trinajstić information content (AvgIpc) is 3.28. The standard InChI is InChI=1S/C23H26F6N2O3/c1-20(2,3)14-15(21(4,5)30)17-13-12(16(14)34-17)18(32)31(19(13)33)11-7-9(22(24,25)26)6-10(8-11)23(27,28)29/h6-8,12-17H,30H2,1-5H3. The molecule has 1 aromatic carbocycles. The van der Waals surface area contributed by atoms with E-state index < -0.39 is 70.6 Å². The second kappa shape index (κ2) is 7.19. The van der Waals surface area contributed by atoms with Gasteiger partial charge in [-0.15, -0.1) is 0 Å². The third-order valence-electron chi connectivity index (χ3n) is 7.20. The van der Waals surface area contributed by atoms with E-state index in [4.69, 9.17) is 10.5 Å². The number of anilines is 1. The van der Waals surface area contributed by atoms with Crippen molar-refractivity contribution in [1.82, 2.24) is 0 Å². The molecule has 2 bridgehead atoms. The van der Waals surface area contributed by atoms with Crippen molar-refractivity contribution >= 4 is 17.5 Å². The lowest BCUT2D eigenvalue weighted by molar-refractivity contribution is -0.143. The van der Waals surface area contributed by atoms with Gasteiger partial charge in [-0.25, -0.2) is 4.90 Å². The molecule has 11 heteroatoms. The predicted molar refractivity (Wildman–Crippen MR) is 109 cm³/mol. The predicted octanol–water partition coefficient (Wildman–Crippen LogP) is 4.63. The summed E-state index contributed by atoms with van der Waals surface area (Å²) >= 11 is 0. The number of halogens is 6. The van der Waals surface area contributed by atoms with Gasteiger partial charge in [-0.3, -0.25) is 9.59 Å². The van der Waals surface area contributed by atoms with E-state index in [1.807, 2.05) is 20.8 Å². The molecule has 3 saturated heterocycles. The van der Waals surface area contributed by atoms with E-state index >= 15 is 0 Å². The first-order valence-corrected chi connectivity index (χ1v) is 10.9. The second-order valence-corrected chi connectivity index (χ2v) is 11.1. The summed E-state index contributed by atoms with van der Waals surface area (Å²) in [5.74, 6) is -4.32. The monoisotopic (exact) mass is 492 g/mol. The van der Waals surface area contributed by atoms with Gasteiger partial charge in [-0.1, -0.05) is 20.8 Å². The molecule has 4 rings (SSSR count). The molecule has 5 nitrogen and oxygen atoms in total. The van der Waals surface area contributed by atoms with Crippen LogP contribution < -0.4 is 10.6 Å². The first kappa shape index (κ1) is 25.0. The van der Waals surface area contributed by atoms with E-state index in [-0.39, 0.29) is 23.3 Å². The smallest absolute Gasteiger partial charge is 0.373 e. The number of rotatable bonds is 2. The number of fused-ring (bicyclic) bond motifs is 5. The quantitative estimate of drug-likeness (QED) is 0.483. The molecule has 6 unspecified atom stereocenters. The van der Waals surface area contributed by atoms with Crippen LogP contribution in [0.1, 0.15) is 45.7 Å². The van der Waals surface area contributed by atoms with Gasteiger partial charge < -0.3 is 10.5 Å². The molecule has 6 atom stereocenters. The molecule has 2 N–H and O–H groups in total. The van der Waals surface area contributed by atoms with Crippen molar-refractivity contribution < 1.29 is 40.7 Å². The molecule has 0 saturated carbocycles. The third kappa shape index (κ3) is 3.71. The van der Waals surface area contributed by atoms with Crippen molar-refractivity contribution in [2.45, 2.75) is 64.7 Å². The van der Waals surface area contributed by atoms with E-state index in [9.17, 15) is 35.9 Å². The number of benzene rings is 1. The van der Waals surface area contributed by atoms with Gasteiger partial charge in [0, 0.05) is 11.5 Å². The van der Waals surface area contributed by atoms with Gasteiger partial charge >= 0.3 is 12.4 Å². The highest BCUT2D eigenvalue weighted by atomic mass is 19.4. The summed E-state index contributed by atoms with van der Waals surface area (Å²) in [4.78, 5) is 27.2. The van der Waals surface area contributed by atoms with Crippen LogP contribution in [0.2, 0.25) is 0 Å². The lowest BCUT2D eigenvalue weighted by Gasteiger charge is -2.46. The normalized spacial score (nSPS) is 32.1. The van der Waals surface area contributed by atoms with Crippen LogP contribution >= 0.6 is 0 Å². The average molecular weight is 492 g/mol. The number of ether oxygens (including phenoxy) is 1. The van der Waals surface area contributed by atoms with Crippen molar-refractivity contribution in [3.63, 3.8) is 0 Å². The Bertz CT molecular complexity index is 961. The molecule has 34 heavy (non-hydrogen) atoms. The number of alkyl halides is 6. The van der Waals surface area contributed by atoms with Crippen LogP contribution in [-0.2, 0) is 26.7 Å². The summed E-state index contributed by atoms with van der Waals surface area (Å²) in [6.07, 6.45) is -11.7. The molecule has 3 heterocycles. The molecular weight excluding hydrogens is 466 g/mol. The fraction of sp³-hybridized carbons (Fsp3) is 0.652. The highest BCUT2D eigenvalue weighted by Gasteiger charge is 2.72.